The molecule has 0 aliphatic carbocycles. The molecule has 3 rings (SSSR count). The molecule has 0 bridgehead atoms. The Bertz CT molecular complexity index is 1100. The average molecular weight is 489 g/mol. The molecule has 1 heterocycles. The Morgan fingerprint density at radius 2 is 1.65 bits per heavy atom. The summed E-state index contributed by atoms with van der Waals surface area (Å²) in [7, 11) is -0.460. The van der Waals surface area contributed by atoms with Crippen molar-refractivity contribution in [3.8, 4) is 16.9 Å². The summed E-state index contributed by atoms with van der Waals surface area (Å²) < 4.78 is 48.9. The molecule has 184 valence electrons. The first-order valence-corrected chi connectivity index (χ1v) is 14.3. The fourth-order valence-corrected chi connectivity index (χ4v) is 4.07. The number of rotatable bonds is 10. The van der Waals surface area contributed by atoms with Crippen molar-refractivity contribution in [1.82, 2.24) is 9.78 Å². The highest BCUT2D eigenvalue weighted by Crippen LogP contribution is 2.38. The Balaban J connectivity index is 1.89. The third-order valence-corrected chi connectivity index (χ3v) is 10.8. The highest BCUT2D eigenvalue weighted by Gasteiger charge is 2.37. The third kappa shape index (κ3) is 6.11. The maximum absolute atomic E-state index is 15.2. The molecule has 0 spiro atoms. The molecule has 0 unspecified atom stereocenters. The Morgan fingerprint density at radius 1 is 0.941 bits per heavy atom. The minimum Gasteiger partial charge on any atom is -0.486 e. The van der Waals surface area contributed by atoms with E-state index in [0.717, 1.165) is 5.56 Å². The summed E-state index contributed by atoms with van der Waals surface area (Å²) in [5.74, 6) is -2.12. The van der Waals surface area contributed by atoms with Crippen molar-refractivity contribution in [2.24, 2.45) is 0 Å². The number of benzene rings is 2. The molecule has 0 atom stereocenters. The van der Waals surface area contributed by atoms with Gasteiger partial charge in [0.25, 0.3) is 0 Å². The molecule has 0 radical (unpaired) electrons. The molecule has 34 heavy (non-hydrogen) atoms. The second-order valence-corrected chi connectivity index (χ2v) is 14.6. The zero-order valence-electron chi connectivity index (χ0n) is 20.8. The topological polar surface area (TPSA) is 45.5 Å². The first-order chi connectivity index (χ1) is 16.0. The fraction of sp³-hybridized carbons (Fsp3) is 0.423. The van der Waals surface area contributed by atoms with Gasteiger partial charge in [-0.1, -0.05) is 51.1 Å². The summed E-state index contributed by atoms with van der Waals surface area (Å²) in [4.78, 5) is 0. The van der Waals surface area contributed by atoms with Crippen molar-refractivity contribution in [3.05, 3.63) is 71.6 Å². The standard InChI is InChI=1S/C26H34F2N2O3Si/c1-26(2,3)34(5,6)33-18-22-21(16-30(29-22)14-15-31-4)20-12-13-23(25(28)24(20)27)32-17-19-10-8-7-9-11-19/h7-13,16H,14-15,17-18H2,1-6H3. The summed E-state index contributed by atoms with van der Waals surface area (Å²) in [5.41, 5.74) is 2.07. The maximum Gasteiger partial charge on any atom is 0.201 e. The van der Waals surface area contributed by atoms with Gasteiger partial charge in [-0.05, 0) is 35.8 Å². The van der Waals surface area contributed by atoms with Crippen LogP contribution in [-0.2, 0) is 28.9 Å². The predicted molar refractivity (Wildman–Crippen MR) is 132 cm³/mol. The zero-order valence-corrected chi connectivity index (χ0v) is 21.8. The van der Waals surface area contributed by atoms with E-state index < -0.39 is 20.0 Å². The quantitative estimate of drug-likeness (QED) is 0.303. The molecule has 2 aromatic carbocycles. The number of hydrogen-bond donors (Lipinski definition) is 0. The van der Waals surface area contributed by atoms with Crippen LogP contribution in [0.15, 0.2) is 48.7 Å². The molecule has 3 aromatic rings. The van der Waals surface area contributed by atoms with Gasteiger partial charge in [0.05, 0.1) is 25.5 Å². The van der Waals surface area contributed by atoms with Gasteiger partial charge in [0.1, 0.15) is 6.61 Å². The first-order valence-electron chi connectivity index (χ1n) is 11.4. The van der Waals surface area contributed by atoms with Gasteiger partial charge in [-0.2, -0.15) is 9.49 Å². The van der Waals surface area contributed by atoms with Gasteiger partial charge < -0.3 is 13.9 Å². The highest BCUT2D eigenvalue weighted by molar-refractivity contribution is 6.74. The molecule has 0 fully saturated rings. The highest BCUT2D eigenvalue weighted by atomic mass is 28.4. The molecular formula is C26H34F2N2O3Si. The van der Waals surface area contributed by atoms with Gasteiger partial charge in [0.15, 0.2) is 19.9 Å². The monoisotopic (exact) mass is 488 g/mol. The van der Waals surface area contributed by atoms with Crippen molar-refractivity contribution >= 4 is 8.32 Å². The van der Waals surface area contributed by atoms with E-state index in [2.05, 4.69) is 39.0 Å². The number of methoxy groups -OCH3 is 1. The maximum atomic E-state index is 15.2. The first kappa shape index (κ1) is 26.1. The van der Waals surface area contributed by atoms with Crippen molar-refractivity contribution < 1.29 is 22.7 Å². The van der Waals surface area contributed by atoms with E-state index >= 15 is 4.39 Å². The Hall–Kier alpha value is -2.55. The largest absolute Gasteiger partial charge is 0.486 e. The molecule has 0 N–H and O–H groups in total. The summed E-state index contributed by atoms with van der Waals surface area (Å²) in [6, 6.07) is 12.4. The SMILES string of the molecule is COCCn1cc(-c2ccc(OCc3ccccc3)c(F)c2F)c(CO[Si](C)(C)C(C)(C)C)n1. The van der Waals surface area contributed by atoms with Crippen molar-refractivity contribution in [1.29, 1.82) is 0 Å². The molecule has 0 aliphatic rings. The van der Waals surface area contributed by atoms with E-state index in [1.807, 2.05) is 30.3 Å². The van der Waals surface area contributed by atoms with E-state index in [1.54, 1.807) is 18.0 Å². The van der Waals surface area contributed by atoms with Crippen LogP contribution in [0, 0.1) is 11.6 Å². The molecule has 0 aliphatic heterocycles. The van der Waals surface area contributed by atoms with Gasteiger partial charge in [0, 0.05) is 24.4 Å². The lowest BCUT2D eigenvalue weighted by Gasteiger charge is -2.36. The van der Waals surface area contributed by atoms with Crippen LogP contribution in [0.5, 0.6) is 5.75 Å². The molecule has 0 saturated carbocycles. The van der Waals surface area contributed by atoms with Crippen LogP contribution in [0.4, 0.5) is 8.78 Å². The lowest BCUT2D eigenvalue weighted by atomic mass is 10.1. The number of halogens is 2. The normalized spacial score (nSPS) is 12.2. The number of nitrogens with zero attached hydrogens (tertiary/aromatic N) is 2. The van der Waals surface area contributed by atoms with Gasteiger partial charge >= 0.3 is 0 Å². The van der Waals surface area contributed by atoms with Crippen molar-refractivity contribution in [3.63, 3.8) is 0 Å². The van der Waals surface area contributed by atoms with Crippen LogP contribution < -0.4 is 4.74 Å². The van der Waals surface area contributed by atoms with E-state index in [4.69, 9.17) is 13.9 Å². The summed E-state index contributed by atoms with van der Waals surface area (Å²) >= 11 is 0. The molecule has 5 nitrogen and oxygen atoms in total. The van der Waals surface area contributed by atoms with Crippen LogP contribution in [0.2, 0.25) is 18.1 Å². The van der Waals surface area contributed by atoms with Crippen LogP contribution in [0.25, 0.3) is 11.1 Å². The van der Waals surface area contributed by atoms with Crippen LogP contribution in [-0.4, -0.2) is 31.8 Å². The van der Waals surface area contributed by atoms with Crippen LogP contribution in [0.1, 0.15) is 32.0 Å². The smallest absolute Gasteiger partial charge is 0.201 e. The number of hydrogen-bond acceptors (Lipinski definition) is 4. The van der Waals surface area contributed by atoms with E-state index in [1.165, 1.54) is 12.1 Å². The number of aromatic nitrogens is 2. The third-order valence-electron chi connectivity index (χ3n) is 6.31. The van der Waals surface area contributed by atoms with Gasteiger partial charge in [0.2, 0.25) is 5.82 Å². The fourth-order valence-electron chi connectivity index (χ4n) is 3.14. The Morgan fingerprint density at radius 3 is 2.29 bits per heavy atom. The van der Waals surface area contributed by atoms with E-state index in [0.29, 0.717) is 24.4 Å². The summed E-state index contributed by atoms with van der Waals surface area (Å²) in [6.07, 6.45) is 1.71. The predicted octanol–water partition coefficient (Wildman–Crippen LogP) is 6.58. The molecule has 8 heteroatoms. The molecule has 0 amide bonds. The average Bonchev–Trinajstić information content (AvgIpc) is 3.20. The molecule has 1 aromatic heterocycles. The molecule has 0 saturated heterocycles. The lowest BCUT2D eigenvalue weighted by Crippen LogP contribution is -2.40. The second-order valence-electron chi connectivity index (χ2n) is 9.81. The minimum absolute atomic E-state index is 0.0148. The van der Waals surface area contributed by atoms with Gasteiger partial charge in [-0.3, -0.25) is 4.68 Å². The van der Waals surface area contributed by atoms with E-state index in [-0.39, 0.29) is 29.6 Å². The minimum atomic E-state index is -2.07. The van der Waals surface area contributed by atoms with Gasteiger partial charge in [-0.15, -0.1) is 0 Å². The van der Waals surface area contributed by atoms with Crippen LogP contribution >= 0.6 is 0 Å². The van der Waals surface area contributed by atoms with Gasteiger partial charge in [-0.25, -0.2) is 4.39 Å². The number of ether oxygens (including phenoxy) is 2. The van der Waals surface area contributed by atoms with Crippen molar-refractivity contribution in [2.75, 3.05) is 13.7 Å². The summed E-state index contributed by atoms with van der Waals surface area (Å²) in [6.45, 7) is 12.1. The Kier molecular flexibility index (Phi) is 8.28. The lowest BCUT2D eigenvalue weighted by molar-refractivity contribution is 0.183. The van der Waals surface area contributed by atoms with E-state index in [9.17, 15) is 4.39 Å². The van der Waals surface area contributed by atoms with Crippen molar-refractivity contribution in [2.45, 2.75) is 58.7 Å². The van der Waals surface area contributed by atoms with Crippen LogP contribution in [0.3, 0.4) is 0 Å². The Labute approximate surface area is 201 Å². The zero-order chi connectivity index (χ0) is 24.9. The summed E-state index contributed by atoms with van der Waals surface area (Å²) in [5, 5.41) is 4.61. The molecular weight excluding hydrogens is 454 g/mol. The second kappa shape index (κ2) is 10.8.